The minimum Gasteiger partial charge on any atom is -0.332 e. The largest absolute Gasteiger partial charge is 0.332 e. The van der Waals surface area contributed by atoms with Crippen LogP contribution in [-0.2, 0) is 0 Å². The van der Waals surface area contributed by atoms with E-state index in [9.17, 15) is 4.79 Å². The van der Waals surface area contributed by atoms with E-state index in [1.165, 1.54) is 0 Å². The number of halogens is 1. The minimum atomic E-state index is 0.0220. The van der Waals surface area contributed by atoms with E-state index < -0.39 is 0 Å². The summed E-state index contributed by atoms with van der Waals surface area (Å²) in [6.45, 7) is 0.741. The smallest absolute Gasteiger partial charge is 0.254 e. The topological polar surface area (TPSA) is 38.1 Å². The number of rotatable bonds is 3. The molecule has 2 heterocycles. The van der Waals surface area contributed by atoms with Crippen molar-refractivity contribution in [3.8, 4) is 5.69 Å². The number of benzene rings is 3. The van der Waals surface area contributed by atoms with Gasteiger partial charge in [0, 0.05) is 22.8 Å². The molecule has 1 aliphatic heterocycles. The van der Waals surface area contributed by atoms with Crippen molar-refractivity contribution in [3.05, 3.63) is 95.3 Å². The SMILES string of the molecule is O=C(c1ccc2c(c1)ncn2-c1ccccc1)N1CCC[C@@H]1c1ccccc1Cl. The van der Waals surface area contributed by atoms with E-state index in [0.717, 1.165) is 41.7 Å². The van der Waals surface area contributed by atoms with Gasteiger partial charge in [0.05, 0.1) is 17.1 Å². The normalized spacial score (nSPS) is 16.4. The fourth-order valence-corrected chi connectivity index (χ4v) is 4.45. The summed E-state index contributed by atoms with van der Waals surface area (Å²) in [7, 11) is 0. The van der Waals surface area contributed by atoms with Gasteiger partial charge in [-0.25, -0.2) is 4.98 Å². The molecule has 0 saturated carbocycles. The van der Waals surface area contributed by atoms with E-state index in [2.05, 4.69) is 4.98 Å². The number of hydrogen-bond acceptors (Lipinski definition) is 2. The highest BCUT2D eigenvalue weighted by atomic mass is 35.5. The molecule has 4 aromatic rings. The third-order valence-electron chi connectivity index (χ3n) is 5.61. The summed E-state index contributed by atoms with van der Waals surface area (Å²) >= 11 is 6.41. The minimum absolute atomic E-state index is 0.0220. The monoisotopic (exact) mass is 401 g/mol. The Balaban J connectivity index is 1.48. The Bertz CT molecular complexity index is 1190. The second-order valence-corrected chi connectivity index (χ2v) is 7.74. The summed E-state index contributed by atoms with van der Waals surface area (Å²) in [6, 6.07) is 23.7. The Hall–Kier alpha value is -3.11. The van der Waals surface area contributed by atoms with Gasteiger partial charge in [-0.3, -0.25) is 9.36 Å². The summed E-state index contributed by atoms with van der Waals surface area (Å²) in [4.78, 5) is 19.8. The lowest BCUT2D eigenvalue weighted by Crippen LogP contribution is -2.30. The van der Waals surface area contributed by atoms with Crippen molar-refractivity contribution in [1.82, 2.24) is 14.5 Å². The van der Waals surface area contributed by atoms with Crippen LogP contribution < -0.4 is 0 Å². The van der Waals surface area contributed by atoms with Crippen LogP contribution in [-0.4, -0.2) is 26.9 Å². The lowest BCUT2D eigenvalue weighted by Gasteiger charge is -2.26. The summed E-state index contributed by atoms with van der Waals surface area (Å²) in [5, 5.41) is 0.717. The first-order chi connectivity index (χ1) is 14.2. The van der Waals surface area contributed by atoms with Crippen molar-refractivity contribution >= 4 is 28.5 Å². The molecule has 1 atom stereocenters. The van der Waals surface area contributed by atoms with Gasteiger partial charge in [0.15, 0.2) is 0 Å². The van der Waals surface area contributed by atoms with Crippen LogP contribution in [0.3, 0.4) is 0 Å². The number of para-hydroxylation sites is 1. The highest BCUT2D eigenvalue weighted by molar-refractivity contribution is 6.31. The van der Waals surface area contributed by atoms with Gasteiger partial charge in [-0.05, 0) is 54.8 Å². The highest BCUT2D eigenvalue weighted by Crippen LogP contribution is 2.36. The maximum Gasteiger partial charge on any atom is 0.254 e. The third kappa shape index (κ3) is 3.19. The maximum absolute atomic E-state index is 13.3. The van der Waals surface area contributed by atoms with E-state index >= 15 is 0 Å². The Morgan fingerprint density at radius 1 is 1.00 bits per heavy atom. The van der Waals surface area contributed by atoms with Crippen LogP contribution in [0.4, 0.5) is 0 Å². The number of aromatic nitrogens is 2. The van der Waals surface area contributed by atoms with Crippen molar-refractivity contribution in [2.75, 3.05) is 6.54 Å². The Kier molecular flexibility index (Phi) is 4.57. The van der Waals surface area contributed by atoms with Crippen molar-refractivity contribution in [2.45, 2.75) is 18.9 Å². The summed E-state index contributed by atoms with van der Waals surface area (Å²) in [5.41, 5.74) is 4.53. The van der Waals surface area contributed by atoms with E-state index in [0.29, 0.717) is 10.6 Å². The zero-order chi connectivity index (χ0) is 19.8. The lowest BCUT2D eigenvalue weighted by molar-refractivity contribution is 0.0736. The molecule has 0 unspecified atom stereocenters. The quantitative estimate of drug-likeness (QED) is 0.444. The molecule has 1 aliphatic rings. The van der Waals surface area contributed by atoms with Crippen LogP contribution in [0, 0.1) is 0 Å². The van der Waals surface area contributed by atoms with Gasteiger partial charge in [0.2, 0.25) is 0 Å². The van der Waals surface area contributed by atoms with Crippen LogP contribution in [0.1, 0.15) is 34.8 Å². The van der Waals surface area contributed by atoms with Crippen molar-refractivity contribution in [1.29, 1.82) is 0 Å². The van der Waals surface area contributed by atoms with Gasteiger partial charge < -0.3 is 4.90 Å². The fraction of sp³-hybridized carbons (Fsp3) is 0.167. The number of likely N-dealkylation sites (tertiary alicyclic amines) is 1. The molecule has 144 valence electrons. The van der Waals surface area contributed by atoms with Gasteiger partial charge in [-0.1, -0.05) is 48.0 Å². The Morgan fingerprint density at radius 2 is 1.79 bits per heavy atom. The first kappa shape index (κ1) is 18.0. The number of imidazole rings is 1. The first-order valence-corrected chi connectivity index (χ1v) is 10.2. The van der Waals surface area contributed by atoms with Gasteiger partial charge >= 0.3 is 0 Å². The first-order valence-electron chi connectivity index (χ1n) is 9.80. The lowest BCUT2D eigenvalue weighted by atomic mass is 10.0. The molecule has 1 saturated heterocycles. The van der Waals surface area contributed by atoms with Crippen LogP contribution in [0.15, 0.2) is 79.1 Å². The predicted molar refractivity (Wildman–Crippen MR) is 116 cm³/mol. The zero-order valence-corrected chi connectivity index (χ0v) is 16.6. The van der Waals surface area contributed by atoms with Crippen molar-refractivity contribution in [3.63, 3.8) is 0 Å². The number of carbonyl (C=O) groups excluding carboxylic acids is 1. The second-order valence-electron chi connectivity index (χ2n) is 7.33. The van der Waals surface area contributed by atoms with Crippen LogP contribution in [0.5, 0.6) is 0 Å². The molecule has 0 spiro atoms. The summed E-state index contributed by atoms with van der Waals surface area (Å²) in [5.74, 6) is 0.0311. The molecule has 0 N–H and O–H groups in total. The fourth-order valence-electron chi connectivity index (χ4n) is 4.18. The number of hydrogen-bond donors (Lipinski definition) is 0. The number of fused-ring (bicyclic) bond motifs is 1. The van der Waals surface area contributed by atoms with Crippen LogP contribution in [0.25, 0.3) is 16.7 Å². The highest BCUT2D eigenvalue weighted by Gasteiger charge is 2.31. The van der Waals surface area contributed by atoms with Crippen LogP contribution >= 0.6 is 11.6 Å². The third-order valence-corrected chi connectivity index (χ3v) is 5.95. The predicted octanol–water partition coefficient (Wildman–Crippen LogP) is 5.66. The average Bonchev–Trinajstić information content (AvgIpc) is 3.41. The molecular weight excluding hydrogens is 382 g/mol. The second kappa shape index (κ2) is 7.37. The maximum atomic E-state index is 13.3. The Labute approximate surface area is 174 Å². The standard InChI is InChI=1S/C24H20ClN3O/c25-20-10-5-4-9-19(20)22-11-6-14-27(22)24(29)17-12-13-23-21(15-17)26-16-28(23)18-7-2-1-3-8-18/h1-5,7-10,12-13,15-16,22H,6,11,14H2/t22-/m1/s1. The zero-order valence-electron chi connectivity index (χ0n) is 15.8. The molecule has 1 fully saturated rings. The van der Waals surface area contributed by atoms with Gasteiger partial charge in [0.1, 0.15) is 6.33 Å². The van der Waals surface area contributed by atoms with E-state index in [1.807, 2.05) is 82.3 Å². The summed E-state index contributed by atoms with van der Waals surface area (Å²) in [6.07, 6.45) is 3.71. The molecule has 1 amide bonds. The molecule has 0 radical (unpaired) electrons. The summed E-state index contributed by atoms with van der Waals surface area (Å²) < 4.78 is 2.03. The molecule has 1 aromatic heterocycles. The van der Waals surface area contributed by atoms with Gasteiger partial charge in [0.25, 0.3) is 5.91 Å². The molecule has 29 heavy (non-hydrogen) atoms. The molecular formula is C24H20ClN3O. The molecule has 5 heteroatoms. The van der Waals surface area contributed by atoms with E-state index in [1.54, 1.807) is 6.33 Å². The number of nitrogens with zero attached hydrogens (tertiary/aromatic N) is 3. The van der Waals surface area contributed by atoms with Crippen LogP contribution in [0.2, 0.25) is 5.02 Å². The molecule has 0 bridgehead atoms. The number of carbonyl (C=O) groups is 1. The van der Waals surface area contributed by atoms with Crippen molar-refractivity contribution in [2.24, 2.45) is 0 Å². The van der Waals surface area contributed by atoms with Gasteiger partial charge in [-0.2, -0.15) is 0 Å². The molecule has 3 aromatic carbocycles. The van der Waals surface area contributed by atoms with Crippen molar-refractivity contribution < 1.29 is 4.79 Å². The molecule has 0 aliphatic carbocycles. The average molecular weight is 402 g/mol. The molecule has 5 rings (SSSR count). The van der Waals surface area contributed by atoms with Gasteiger partial charge in [-0.15, -0.1) is 0 Å². The number of amides is 1. The van der Waals surface area contributed by atoms with E-state index in [-0.39, 0.29) is 11.9 Å². The Morgan fingerprint density at radius 3 is 2.62 bits per heavy atom. The van der Waals surface area contributed by atoms with E-state index in [4.69, 9.17) is 11.6 Å². The molecule has 4 nitrogen and oxygen atoms in total.